The normalized spacial score (nSPS) is 14.1. The van der Waals surface area contributed by atoms with E-state index in [0.29, 0.717) is 22.7 Å². The summed E-state index contributed by atoms with van der Waals surface area (Å²) in [5, 5.41) is 6.94. The summed E-state index contributed by atoms with van der Waals surface area (Å²) in [6, 6.07) is 17.3. The molecular weight excluding hydrogens is 434 g/mol. The molecule has 0 atom stereocenters. The zero-order valence-corrected chi connectivity index (χ0v) is 18.3. The highest BCUT2D eigenvalue weighted by Gasteiger charge is 2.35. The maximum Gasteiger partial charge on any atom is 0.329 e. The van der Waals surface area contributed by atoms with Crippen molar-refractivity contribution in [3.63, 3.8) is 0 Å². The summed E-state index contributed by atoms with van der Waals surface area (Å²) in [6.45, 7) is -0.417. The molecule has 4 amide bonds. The minimum Gasteiger partial charge on any atom is -0.495 e. The van der Waals surface area contributed by atoms with Crippen molar-refractivity contribution < 1.29 is 23.9 Å². The quantitative estimate of drug-likeness (QED) is 0.323. The van der Waals surface area contributed by atoms with Gasteiger partial charge in [0.25, 0.3) is 5.91 Å². The number of para-hydroxylation sites is 2. The summed E-state index contributed by atoms with van der Waals surface area (Å²) in [5.41, 5.74) is 1.05. The summed E-state index contributed by atoms with van der Waals surface area (Å²) >= 11 is 0. The van der Waals surface area contributed by atoms with Crippen molar-refractivity contribution in [2.24, 2.45) is 0 Å². The van der Waals surface area contributed by atoms with Gasteiger partial charge in [-0.2, -0.15) is 0 Å². The minimum absolute atomic E-state index is 0.0250. The van der Waals surface area contributed by atoms with E-state index in [4.69, 9.17) is 15.9 Å². The molecule has 1 aliphatic rings. The third-order valence-electron chi connectivity index (χ3n) is 5.18. The molecule has 170 valence electrons. The number of nitrogens with one attached hydrogen (secondary N) is 2. The van der Waals surface area contributed by atoms with Gasteiger partial charge in [-0.05, 0) is 35.0 Å². The van der Waals surface area contributed by atoms with E-state index in [9.17, 15) is 14.4 Å². The van der Waals surface area contributed by atoms with Crippen LogP contribution < -0.4 is 20.1 Å². The maximum atomic E-state index is 13.0. The van der Waals surface area contributed by atoms with Crippen molar-refractivity contribution in [3.05, 3.63) is 71.9 Å². The van der Waals surface area contributed by atoms with Crippen molar-refractivity contribution in [1.82, 2.24) is 10.2 Å². The summed E-state index contributed by atoms with van der Waals surface area (Å²) in [7, 11) is 1.48. The summed E-state index contributed by atoms with van der Waals surface area (Å²) < 4.78 is 10.9. The van der Waals surface area contributed by atoms with Crippen LogP contribution >= 0.6 is 0 Å². The number of carbonyl (C=O) groups excluding carboxylic acids is 3. The molecule has 1 aliphatic heterocycles. The fourth-order valence-corrected chi connectivity index (χ4v) is 3.61. The zero-order valence-electron chi connectivity index (χ0n) is 18.3. The van der Waals surface area contributed by atoms with Crippen LogP contribution in [0.1, 0.15) is 5.56 Å². The fraction of sp³-hybridized carbons (Fsp3) is 0.115. The first-order valence-corrected chi connectivity index (χ1v) is 10.4. The van der Waals surface area contributed by atoms with Gasteiger partial charge in [0, 0.05) is 5.56 Å². The van der Waals surface area contributed by atoms with Gasteiger partial charge in [-0.25, -0.2) is 9.69 Å². The van der Waals surface area contributed by atoms with Crippen LogP contribution in [-0.4, -0.2) is 43.0 Å². The third-order valence-corrected chi connectivity index (χ3v) is 5.18. The lowest BCUT2D eigenvalue weighted by atomic mass is 10.0. The summed E-state index contributed by atoms with van der Waals surface area (Å²) in [4.78, 5) is 38.9. The van der Waals surface area contributed by atoms with Crippen LogP contribution in [0.25, 0.3) is 16.8 Å². The SMILES string of the molecule is C#CCOc1ccc2ccccc2c1/C=C1/NC(=O)N(CC(=O)Nc2ccccc2OC)C1=O. The standard InChI is InChI=1S/C26H21N3O5/c1-3-14-34-22-13-12-17-8-4-5-9-18(17)19(22)15-21-25(31)29(26(32)28-21)16-24(30)27-20-10-6-7-11-23(20)33-2/h1,4-13,15H,14,16H2,2H3,(H,27,30)(H,28,32)/b21-15+. The lowest BCUT2D eigenvalue weighted by Gasteiger charge is -2.13. The van der Waals surface area contributed by atoms with Crippen LogP contribution in [0.4, 0.5) is 10.5 Å². The van der Waals surface area contributed by atoms with Crippen molar-refractivity contribution in [3.8, 4) is 23.8 Å². The smallest absolute Gasteiger partial charge is 0.329 e. The largest absolute Gasteiger partial charge is 0.495 e. The molecule has 4 rings (SSSR count). The molecule has 0 bridgehead atoms. The number of anilines is 1. The number of fused-ring (bicyclic) bond motifs is 1. The number of amides is 4. The molecule has 3 aromatic rings. The first-order valence-electron chi connectivity index (χ1n) is 10.4. The summed E-state index contributed by atoms with van der Waals surface area (Å²) in [6.07, 6.45) is 6.86. The average Bonchev–Trinajstić information content (AvgIpc) is 3.11. The predicted molar refractivity (Wildman–Crippen MR) is 128 cm³/mol. The number of methoxy groups -OCH3 is 1. The number of urea groups is 1. The lowest BCUT2D eigenvalue weighted by molar-refractivity contribution is -0.127. The molecule has 0 unspecified atom stereocenters. The number of rotatable bonds is 7. The number of terminal acetylenes is 1. The molecule has 0 aromatic heterocycles. The topological polar surface area (TPSA) is 97.0 Å². The number of ether oxygens (including phenoxy) is 2. The van der Waals surface area contributed by atoms with E-state index in [1.807, 2.05) is 30.3 Å². The Balaban J connectivity index is 1.59. The van der Waals surface area contributed by atoms with Crippen LogP contribution in [0, 0.1) is 12.3 Å². The van der Waals surface area contributed by atoms with E-state index in [2.05, 4.69) is 16.6 Å². The van der Waals surface area contributed by atoms with Gasteiger partial charge in [-0.1, -0.05) is 48.4 Å². The Labute approximate surface area is 196 Å². The van der Waals surface area contributed by atoms with Gasteiger partial charge >= 0.3 is 6.03 Å². The van der Waals surface area contributed by atoms with Gasteiger partial charge in [0.15, 0.2) is 0 Å². The molecule has 8 heteroatoms. The van der Waals surface area contributed by atoms with Crippen LogP contribution in [0.15, 0.2) is 66.4 Å². The second-order valence-electron chi connectivity index (χ2n) is 7.32. The molecule has 0 radical (unpaired) electrons. The highest BCUT2D eigenvalue weighted by molar-refractivity contribution is 6.16. The van der Waals surface area contributed by atoms with Crippen LogP contribution in [0.5, 0.6) is 11.5 Å². The van der Waals surface area contributed by atoms with Gasteiger partial charge in [0.05, 0.1) is 12.8 Å². The number of carbonyl (C=O) groups is 3. The highest BCUT2D eigenvalue weighted by atomic mass is 16.5. The van der Waals surface area contributed by atoms with Gasteiger partial charge in [-0.3, -0.25) is 9.59 Å². The minimum atomic E-state index is -0.697. The van der Waals surface area contributed by atoms with Crippen molar-refractivity contribution in [2.75, 3.05) is 25.6 Å². The Morgan fingerprint density at radius 3 is 2.65 bits per heavy atom. The van der Waals surface area contributed by atoms with Gasteiger partial charge in [-0.15, -0.1) is 6.42 Å². The van der Waals surface area contributed by atoms with Gasteiger partial charge in [0.2, 0.25) is 5.91 Å². The van der Waals surface area contributed by atoms with Crippen molar-refractivity contribution in [1.29, 1.82) is 0 Å². The Bertz CT molecular complexity index is 1360. The molecule has 3 aromatic carbocycles. The Hall–Kier alpha value is -4.77. The maximum absolute atomic E-state index is 13.0. The Kier molecular flexibility index (Phi) is 6.46. The number of imide groups is 1. The monoisotopic (exact) mass is 455 g/mol. The Morgan fingerprint density at radius 2 is 1.85 bits per heavy atom. The second-order valence-corrected chi connectivity index (χ2v) is 7.32. The number of hydrogen-bond acceptors (Lipinski definition) is 5. The lowest BCUT2D eigenvalue weighted by Crippen LogP contribution is -2.38. The van der Waals surface area contributed by atoms with E-state index in [1.54, 1.807) is 30.3 Å². The number of benzene rings is 3. The van der Waals surface area contributed by atoms with Crippen LogP contribution in [-0.2, 0) is 9.59 Å². The van der Waals surface area contributed by atoms with Crippen LogP contribution in [0.2, 0.25) is 0 Å². The van der Waals surface area contributed by atoms with E-state index in [1.165, 1.54) is 13.2 Å². The van der Waals surface area contributed by atoms with E-state index in [0.717, 1.165) is 15.7 Å². The third kappa shape index (κ3) is 4.54. The van der Waals surface area contributed by atoms with Crippen LogP contribution in [0.3, 0.4) is 0 Å². The first-order chi connectivity index (χ1) is 16.5. The zero-order chi connectivity index (χ0) is 24.1. The molecule has 34 heavy (non-hydrogen) atoms. The highest BCUT2D eigenvalue weighted by Crippen LogP contribution is 2.31. The van der Waals surface area contributed by atoms with E-state index in [-0.39, 0.29) is 12.3 Å². The first kappa shape index (κ1) is 22.4. The molecular formula is C26H21N3O5. The van der Waals surface area contributed by atoms with Gasteiger partial charge in [0.1, 0.15) is 30.3 Å². The fourth-order valence-electron chi connectivity index (χ4n) is 3.61. The van der Waals surface area contributed by atoms with E-state index < -0.39 is 24.4 Å². The van der Waals surface area contributed by atoms with Crippen molar-refractivity contribution >= 4 is 40.4 Å². The van der Waals surface area contributed by atoms with Gasteiger partial charge < -0.3 is 20.1 Å². The predicted octanol–water partition coefficient (Wildman–Crippen LogP) is 3.39. The molecule has 0 aliphatic carbocycles. The second kappa shape index (κ2) is 9.79. The average molecular weight is 455 g/mol. The Morgan fingerprint density at radius 1 is 1.09 bits per heavy atom. The molecule has 0 spiro atoms. The molecule has 2 N–H and O–H groups in total. The number of hydrogen-bond donors (Lipinski definition) is 2. The molecule has 1 fully saturated rings. The number of nitrogens with zero attached hydrogens (tertiary/aromatic N) is 1. The molecule has 1 saturated heterocycles. The van der Waals surface area contributed by atoms with E-state index >= 15 is 0 Å². The van der Waals surface area contributed by atoms with Crippen molar-refractivity contribution in [2.45, 2.75) is 0 Å². The molecule has 1 heterocycles. The summed E-state index contributed by atoms with van der Waals surface area (Å²) in [5.74, 6) is 2.18. The molecule has 8 nitrogen and oxygen atoms in total. The molecule has 0 saturated carbocycles.